The van der Waals surface area contributed by atoms with Gasteiger partial charge in [0.15, 0.2) is 5.75 Å². The molecule has 0 radical (unpaired) electrons. The van der Waals surface area contributed by atoms with Crippen LogP contribution in [0.4, 0.5) is 0 Å². The fraction of sp³-hybridized carbons (Fsp3) is 0.0952. The molecule has 0 heterocycles. The van der Waals surface area contributed by atoms with Crippen LogP contribution >= 0.6 is 23.2 Å². The molecule has 0 aliphatic rings. The quantitative estimate of drug-likeness (QED) is 0.354. The second kappa shape index (κ2) is 9.38. The van der Waals surface area contributed by atoms with E-state index in [4.69, 9.17) is 36.9 Å². The van der Waals surface area contributed by atoms with Crippen LogP contribution in [0.5, 0.6) is 11.5 Å². The molecule has 0 bridgehead atoms. The van der Waals surface area contributed by atoms with Crippen LogP contribution in [-0.2, 0) is 21.5 Å². The van der Waals surface area contributed by atoms with Crippen molar-refractivity contribution in [2.24, 2.45) is 0 Å². The highest BCUT2D eigenvalue weighted by atomic mass is 35.5. The number of ether oxygens (including phenoxy) is 2. The van der Waals surface area contributed by atoms with Gasteiger partial charge < -0.3 is 13.7 Å². The Hall–Kier alpha value is -2.74. The number of hydrogen-bond acceptors (Lipinski definition) is 6. The van der Waals surface area contributed by atoms with Crippen LogP contribution in [0.3, 0.4) is 0 Å². The molecule has 3 rings (SSSR count). The lowest BCUT2D eigenvalue weighted by Gasteiger charge is -2.13. The van der Waals surface area contributed by atoms with Crippen molar-refractivity contribution in [1.82, 2.24) is 0 Å². The largest absolute Gasteiger partial charge is 0.494 e. The van der Waals surface area contributed by atoms with E-state index >= 15 is 0 Å². The maximum absolute atomic E-state index is 12.6. The molecule has 0 N–H and O–H groups in total. The zero-order chi connectivity index (χ0) is 21.7. The Morgan fingerprint density at radius 3 is 2.23 bits per heavy atom. The van der Waals surface area contributed by atoms with Crippen LogP contribution in [0.2, 0.25) is 10.0 Å². The Morgan fingerprint density at radius 1 is 0.933 bits per heavy atom. The molecule has 3 aromatic rings. The summed E-state index contributed by atoms with van der Waals surface area (Å²) >= 11 is 11.9. The molecule has 0 aliphatic carbocycles. The van der Waals surface area contributed by atoms with Gasteiger partial charge in [0.2, 0.25) is 0 Å². The fourth-order valence-corrected chi connectivity index (χ4v) is 4.07. The Bertz CT molecular complexity index is 1150. The number of hydrogen-bond donors (Lipinski definition) is 0. The first kappa shape index (κ1) is 22.0. The number of halogens is 2. The summed E-state index contributed by atoms with van der Waals surface area (Å²) in [7, 11) is -2.99. The number of benzene rings is 3. The lowest BCUT2D eigenvalue weighted by atomic mass is 10.2. The van der Waals surface area contributed by atoms with Gasteiger partial charge in [-0.05, 0) is 42.0 Å². The van der Waals surface area contributed by atoms with Crippen LogP contribution in [-0.4, -0.2) is 21.5 Å². The van der Waals surface area contributed by atoms with E-state index in [9.17, 15) is 13.2 Å². The highest BCUT2D eigenvalue weighted by Crippen LogP contribution is 2.38. The minimum atomic E-state index is -4.26. The molecule has 0 amide bonds. The summed E-state index contributed by atoms with van der Waals surface area (Å²) in [4.78, 5) is 11.9. The molecule has 9 heteroatoms. The molecule has 0 fully saturated rings. The predicted octanol–water partition coefficient (Wildman–Crippen LogP) is 5.13. The number of esters is 1. The van der Waals surface area contributed by atoms with Crippen LogP contribution in [0.15, 0.2) is 71.6 Å². The van der Waals surface area contributed by atoms with Crippen molar-refractivity contribution in [2.75, 3.05) is 7.11 Å². The van der Waals surface area contributed by atoms with Gasteiger partial charge >= 0.3 is 16.1 Å². The second-order valence-electron chi connectivity index (χ2n) is 6.02. The molecule has 0 aromatic heterocycles. The van der Waals surface area contributed by atoms with Gasteiger partial charge in [-0.1, -0.05) is 53.5 Å². The highest BCUT2D eigenvalue weighted by molar-refractivity contribution is 7.87. The van der Waals surface area contributed by atoms with Crippen molar-refractivity contribution in [3.63, 3.8) is 0 Å². The Morgan fingerprint density at radius 2 is 1.60 bits per heavy atom. The number of carbonyl (C=O) groups is 1. The van der Waals surface area contributed by atoms with Crippen molar-refractivity contribution in [3.05, 3.63) is 87.9 Å². The van der Waals surface area contributed by atoms with E-state index in [1.165, 1.54) is 43.5 Å². The first-order valence-electron chi connectivity index (χ1n) is 8.59. The van der Waals surface area contributed by atoms with Gasteiger partial charge in [-0.25, -0.2) is 4.79 Å². The molecular formula is C21H16Cl2O6S. The number of rotatable bonds is 7. The standard InChI is InChI=1S/C21H16Cl2O6S/c1-27-20-18(12-11-17(22)19(20)23)30(25,26)29-16-9-7-15(8-10-16)21(24)28-13-14-5-3-2-4-6-14/h2-12H,13H2,1H3. The smallest absolute Gasteiger partial charge is 0.342 e. The topological polar surface area (TPSA) is 78.9 Å². The van der Waals surface area contributed by atoms with Gasteiger partial charge in [-0.2, -0.15) is 8.42 Å². The third kappa shape index (κ3) is 5.05. The van der Waals surface area contributed by atoms with Crippen LogP contribution < -0.4 is 8.92 Å². The summed E-state index contributed by atoms with van der Waals surface area (Å²) in [6.45, 7) is 0.128. The fourth-order valence-electron chi connectivity index (χ4n) is 2.53. The van der Waals surface area contributed by atoms with Gasteiger partial charge in [0.25, 0.3) is 0 Å². The average molecular weight is 467 g/mol. The Balaban J connectivity index is 1.72. The number of carbonyl (C=O) groups excluding carboxylic acids is 1. The molecule has 0 spiro atoms. The maximum Gasteiger partial charge on any atom is 0.342 e. The molecule has 6 nitrogen and oxygen atoms in total. The third-order valence-electron chi connectivity index (χ3n) is 4.00. The van der Waals surface area contributed by atoms with Crippen molar-refractivity contribution in [3.8, 4) is 11.5 Å². The van der Waals surface area contributed by atoms with Crippen LogP contribution in [0.1, 0.15) is 15.9 Å². The predicted molar refractivity (Wildman–Crippen MR) is 113 cm³/mol. The summed E-state index contributed by atoms with van der Waals surface area (Å²) in [6.07, 6.45) is 0. The van der Waals surface area contributed by atoms with Crippen molar-refractivity contribution in [2.45, 2.75) is 11.5 Å². The van der Waals surface area contributed by atoms with Gasteiger partial charge in [-0.15, -0.1) is 0 Å². The third-order valence-corrected chi connectivity index (χ3v) is 6.05. The number of methoxy groups -OCH3 is 1. The van der Waals surface area contributed by atoms with Gasteiger partial charge in [0.05, 0.1) is 17.7 Å². The first-order valence-corrected chi connectivity index (χ1v) is 10.8. The summed E-state index contributed by atoms with van der Waals surface area (Å²) in [6, 6.07) is 17.3. The lowest BCUT2D eigenvalue weighted by Crippen LogP contribution is -2.12. The van der Waals surface area contributed by atoms with E-state index in [1.54, 1.807) is 0 Å². The minimum absolute atomic E-state index is 0.00253. The molecule has 30 heavy (non-hydrogen) atoms. The van der Waals surface area contributed by atoms with Crippen molar-refractivity contribution < 1.29 is 26.9 Å². The zero-order valence-corrected chi connectivity index (χ0v) is 18.0. The minimum Gasteiger partial charge on any atom is -0.494 e. The monoisotopic (exact) mass is 466 g/mol. The summed E-state index contributed by atoms with van der Waals surface area (Å²) in [5.74, 6) is -0.660. The van der Waals surface area contributed by atoms with Crippen LogP contribution in [0, 0.1) is 0 Å². The summed E-state index contributed by atoms with van der Waals surface area (Å²) in [5.41, 5.74) is 1.11. The van der Waals surface area contributed by atoms with E-state index < -0.39 is 16.1 Å². The SMILES string of the molecule is COc1c(S(=O)(=O)Oc2ccc(C(=O)OCc3ccccc3)cc2)ccc(Cl)c1Cl. The normalized spacial score (nSPS) is 11.0. The Kier molecular flexibility index (Phi) is 6.87. The molecule has 3 aromatic carbocycles. The van der Waals surface area contributed by atoms with Crippen molar-refractivity contribution >= 4 is 39.3 Å². The summed E-state index contributed by atoms with van der Waals surface area (Å²) in [5, 5.41) is 0.103. The summed E-state index contributed by atoms with van der Waals surface area (Å²) < 4.78 is 40.7. The van der Waals surface area contributed by atoms with E-state index in [2.05, 4.69) is 0 Å². The van der Waals surface area contributed by atoms with E-state index in [1.807, 2.05) is 30.3 Å². The van der Waals surface area contributed by atoms with E-state index in [-0.39, 0.29) is 38.6 Å². The Labute approximate surface area is 184 Å². The van der Waals surface area contributed by atoms with E-state index in [0.717, 1.165) is 5.56 Å². The maximum atomic E-state index is 12.6. The van der Waals surface area contributed by atoms with Gasteiger partial charge in [0.1, 0.15) is 22.3 Å². The molecule has 0 saturated carbocycles. The van der Waals surface area contributed by atoms with Crippen molar-refractivity contribution in [1.29, 1.82) is 0 Å². The molecule has 0 saturated heterocycles. The molecule has 0 aliphatic heterocycles. The van der Waals surface area contributed by atoms with Gasteiger partial charge in [0, 0.05) is 0 Å². The van der Waals surface area contributed by atoms with E-state index in [0.29, 0.717) is 0 Å². The molecule has 0 atom stereocenters. The lowest BCUT2D eigenvalue weighted by molar-refractivity contribution is 0.0472. The highest BCUT2D eigenvalue weighted by Gasteiger charge is 2.25. The molecule has 0 unspecified atom stereocenters. The second-order valence-corrected chi connectivity index (χ2v) is 8.32. The average Bonchev–Trinajstić information content (AvgIpc) is 2.74. The molecular weight excluding hydrogens is 451 g/mol. The van der Waals surface area contributed by atoms with Gasteiger partial charge in [-0.3, -0.25) is 0 Å². The van der Waals surface area contributed by atoms with Crippen LogP contribution in [0.25, 0.3) is 0 Å². The zero-order valence-electron chi connectivity index (χ0n) is 15.7. The first-order chi connectivity index (χ1) is 14.3. The molecule has 156 valence electrons.